The second kappa shape index (κ2) is 10.8. The van der Waals surface area contributed by atoms with Gasteiger partial charge in [-0.05, 0) is 55.5 Å². The van der Waals surface area contributed by atoms with E-state index in [0.717, 1.165) is 22.3 Å². The number of rotatable bonds is 7. The van der Waals surface area contributed by atoms with Gasteiger partial charge in [-0.15, -0.1) is 0 Å². The first-order valence-electron chi connectivity index (χ1n) is 13.1. The molecule has 216 valence electrons. The fraction of sp³-hybridized carbons (Fsp3) is 0.100. The third-order valence-corrected chi connectivity index (χ3v) is 6.73. The molecule has 12 nitrogen and oxygen atoms in total. The zero-order chi connectivity index (χ0) is 30.2. The average Bonchev–Trinajstić information content (AvgIpc) is 3.65. The Morgan fingerprint density at radius 1 is 1.02 bits per heavy atom. The van der Waals surface area contributed by atoms with E-state index >= 15 is 0 Å². The van der Waals surface area contributed by atoms with Gasteiger partial charge in [0.15, 0.2) is 17.2 Å². The van der Waals surface area contributed by atoms with Crippen LogP contribution in [0.15, 0.2) is 95.3 Å². The maximum Gasteiger partial charge on any atom is 0.335 e. The molecule has 2 N–H and O–H groups in total. The molecule has 0 aliphatic carbocycles. The van der Waals surface area contributed by atoms with Crippen LogP contribution in [0.4, 0.5) is 10.1 Å². The smallest absolute Gasteiger partial charge is 0.335 e. The van der Waals surface area contributed by atoms with Crippen molar-refractivity contribution in [1.29, 1.82) is 0 Å². The number of aryl methyl sites for hydroxylation is 2. The van der Waals surface area contributed by atoms with Crippen LogP contribution in [0, 0.1) is 5.82 Å². The number of carbonyl (C=O) groups excluding carboxylic acids is 1. The molecule has 0 fully saturated rings. The zero-order valence-electron chi connectivity index (χ0n) is 22.9. The first-order valence-corrected chi connectivity index (χ1v) is 13.1. The summed E-state index contributed by atoms with van der Waals surface area (Å²) in [6, 6.07) is 12.6. The van der Waals surface area contributed by atoms with Gasteiger partial charge >= 0.3 is 5.69 Å². The fourth-order valence-corrected chi connectivity index (χ4v) is 4.58. The number of phenols is 1. The number of nitrogens with one attached hydrogen (secondary N) is 1. The Hall–Kier alpha value is -5.98. The van der Waals surface area contributed by atoms with E-state index in [-0.39, 0.29) is 35.0 Å². The van der Waals surface area contributed by atoms with Gasteiger partial charge in [0.05, 0.1) is 23.9 Å². The van der Waals surface area contributed by atoms with Crippen molar-refractivity contribution in [3.8, 4) is 34.2 Å². The molecule has 4 aromatic heterocycles. The lowest BCUT2D eigenvalue weighted by Gasteiger charge is -2.13. The van der Waals surface area contributed by atoms with Crippen LogP contribution in [0.5, 0.6) is 17.2 Å². The van der Waals surface area contributed by atoms with E-state index in [0.29, 0.717) is 17.0 Å². The Kier molecular flexibility index (Phi) is 6.82. The number of pyridine rings is 1. The number of fused-ring (bicyclic) bond motifs is 1. The molecule has 0 aliphatic heterocycles. The van der Waals surface area contributed by atoms with Gasteiger partial charge in [-0.1, -0.05) is 0 Å². The van der Waals surface area contributed by atoms with Crippen LogP contribution in [-0.2, 0) is 13.6 Å². The van der Waals surface area contributed by atoms with Crippen LogP contribution in [0.3, 0.4) is 0 Å². The van der Waals surface area contributed by atoms with Crippen molar-refractivity contribution >= 4 is 17.1 Å². The number of imidazole rings is 1. The van der Waals surface area contributed by atoms with Gasteiger partial charge in [0, 0.05) is 49.5 Å². The number of amides is 1. The summed E-state index contributed by atoms with van der Waals surface area (Å²) in [5.41, 5.74) is 0.532. The van der Waals surface area contributed by atoms with E-state index < -0.39 is 23.0 Å². The summed E-state index contributed by atoms with van der Waals surface area (Å²) < 4.78 is 25.0. The second-order valence-electron chi connectivity index (χ2n) is 9.65. The van der Waals surface area contributed by atoms with E-state index in [4.69, 9.17) is 4.74 Å². The molecular weight excluding hydrogens is 557 g/mol. The Balaban J connectivity index is 1.29. The number of aromatic nitrogens is 6. The monoisotopic (exact) mass is 581 g/mol. The van der Waals surface area contributed by atoms with Crippen molar-refractivity contribution < 1.29 is 19.0 Å². The summed E-state index contributed by atoms with van der Waals surface area (Å²) in [7, 11) is 1.86. The van der Waals surface area contributed by atoms with Crippen molar-refractivity contribution in [3.05, 3.63) is 118 Å². The van der Waals surface area contributed by atoms with Crippen LogP contribution >= 0.6 is 0 Å². The van der Waals surface area contributed by atoms with Crippen LogP contribution in [-0.4, -0.2) is 39.3 Å². The molecule has 4 heterocycles. The molecule has 0 bridgehead atoms. The Labute approximate surface area is 242 Å². The number of ether oxygens (including phenoxy) is 1. The maximum absolute atomic E-state index is 13.5. The quantitative estimate of drug-likeness (QED) is 0.291. The van der Waals surface area contributed by atoms with Crippen LogP contribution in [0.25, 0.3) is 22.5 Å². The van der Waals surface area contributed by atoms with E-state index in [1.165, 1.54) is 41.1 Å². The third-order valence-electron chi connectivity index (χ3n) is 6.73. The van der Waals surface area contributed by atoms with Gasteiger partial charge in [-0.3, -0.25) is 14.2 Å². The fourth-order valence-electron chi connectivity index (χ4n) is 4.58. The first-order chi connectivity index (χ1) is 20.7. The topological polar surface area (TPSA) is 138 Å². The summed E-state index contributed by atoms with van der Waals surface area (Å²) in [6.45, 7) is 1.86. The Bertz CT molecular complexity index is 2130. The lowest BCUT2D eigenvalue weighted by Crippen LogP contribution is -2.42. The minimum absolute atomic E-state index is 0.109. The molecule has 0 unspecified atom stereocenters. The average molecular weight is 582 g/mol. The molecule has 0 spiro atoms. The number of hydrogen-bond acceptors (Lipinski definition) is 7. The lowest BCUT2D eigenvalue weighted by molar-refractivity contribution is 0.102. The predicted molar refractivity (Wildman–Crippen MR) is 155 cm³/mol. The highest BCUT2D eigenvalue weighted by molar-refractivity contribution is 6.04. The number of nitrogens with zero attached hydrogens (tertiary/aromatic N) is 6. The molecule has 0 atom stereocenters. The number of hydrogen-bond donors (Lipinski definition) is 2. The highest BCUT2D eigenvalue weighted by atomic mass is 19.1. The minimum Gasteiger partial charge on any atom is -0.504 e. The largest absolute Gasteiger partial charge is 0.504 e. The first kappa shape index (κ1) is 27.2. The minimum atomic E-state index is -0.874. The van der Waals surface area contributed by atoms with Gasteiger partial charge in [-0.2, -0.15) is 5.10 Å². The highest BCUT2D eigenvalue weighted by Crippen LogP contribution is 2.36. The standard InChI is InChI=1S/C30H24FN7O5/c1-3-36-15-22(29(41)38(30(36)42)21-7-4-19(31)5-8-21)28(40)34-20-6-9-26(25(39)13-20)43-27-12-18(23-16-35(2)17-32-23)14-37-24(27)10-11-33-37/h4-17,39H,3H2,1-2H3,(H,34,40). The molecule has 0 radical (unpaired) electrons. The SMILES string of the molecule is CCn1cc(C(=O)Nc2ccc(Oc3cc(-c4cn(C)cn4)cn4nccc34)c(O)c2)c(=O)n(-c2ccc(F)cc2)c1=O. The summed E-state index contributed by atoms with van der Waals surface area (Å²) in [4.78, 5) is 43.7. The van der Waals surface area contributed by atoms with Crippen molar-refractivity contribution in [2.45, 2.75) is 13.5 Å². The lowest BCUT2D eigenvalue weighted by atomic mass is 10.2. The van der Waals surface area contributed by atoms with Crippen LogP contribution < -0.4 is 21.3 Å². The van der Waals surface area contributed by atoms with Crippen LogP contribution in [0.2, 0.25) is 0 Å². The molecule has 1 amide bonds. The van der Waals surface area contributed by atoms with Crippen molar-refractivity contribution in [2.75, 3.05) is 5.32 Å². The van der Waals surface area contributed by atoms with Crippen molar-refractivity contribution in [3.63, 3.8) is 0 Å². The normalized spacial score (nSPS) is 11.1. The molecule has 6 aromatic rings. The molecule has 13 heteroatoms. The Morgan fingerprint density at radius 3 is 2.51 bits per heavy atom. The van der Waals surface area contributed by atoms with Gasteiger partial charge in [0.2, 0.25) is 0 Å². The highest BCUT2D eigenvalue weighted by Gasteiger charge is 2.19. The van der Waals surface area contributed by atoms with E-state index in [1.54, 1.807) is 36.1 Å². The summed E-state index contributed by atoms with van der Waals surface area (Å²) >= 11 is 0. The molecule has 0 aliphatic rings. The molecule has 0 saturated heterocycles. The Morgan fingerprint density at radius 2 is 1.81 bits per heavy atom. The number of anilines is 1. The summed E-state index contributed by atoms with van der Waals surface area (Å²) in [5, 5.41) is 17.7. The van der Waals surface area contributed by atoms with Gasteiger partial charge in [-0.25, -0.2) is 23.3 Å². The van der Waals surface area contributed by atoms with E-state index in [9.17, 15) is 23.9 Å². The summed E-state index contributed by atoms with van der Waals surface area (Å²) in [5.74, 6) is -1.10. The maximum atomic E-state index is 13.5. The molecule has 6 rings (SSSR count). The van der Waals surface area contributed by atoms with E-state index in [1.807, 2.05) is 24.0 Å². The number of phenolic OH excluding ortho intramolecular Hbond substituents is 1. The van der Waals surface area contributed by atoms with Gasteiger partial charge in [0.25, 0.3) is 11.5 Å². The third kappa shape index (κ3) is 5.14. The second-order valence-corrected chi connectivity index (χ2v) is 9.65. The van der Waals surface area contributed by atoms with Crippen LogP contribution in [0.1, 0.15) is 17.3 Å². The van der Waals surface area contributed by atoms with Gasteiger partial charge < -0.3 is 19.7 Å². The van der Waals surface area contributed by atoms with Crippen molar-refractivity contribution in [1.82, 2.24) is 28.3 Å². The van der Waals surface area contributed by atoms with Gasteiger partial charge in [0.1, 0.15) is 16.9 Å². The molecule has 43 heavy (non-hydrogen) atoms. The number of halogens is 1. The molecule has 0 saturated carbocycles. The number of aromatic hydroxyl groups is 1. The van der Waals surface area contributed by atoms with E-state index in [2.05, 4.69) is 15.4 Å². The molecular formula is C30H24FN7O5. The predicted octanol–water partition coefficient (Wildman–Crippen LogP) is 3.96. The number of carbonyl (C=O) groups is 1. The molecule has 2 aromatic carbocycles. The summed E-state index contributed by atoms with van der Waals surface area (Å²) in [6.07, 6.45) is 8.13. The zero-order valence-corrected chi connectivity index (χ0v) is 22.9. The number of benzene rings is 2. The van der Waals surface area contributed by atoms with Crippen molar-refractivity contribution in [2.24, 2.45) is 7.05 Å².